The van der Waals surface area contributed by atoms with Gasteiger partial charge < -0.3 is 10.5 Å². The fraction of sp³-hybridized carbons (Fsp3) is 0.900. The van der Waals surface area contributed by atoms with Gasteiger partial charge in [0.05, 0.1) is 12.0 Å². The van der Waals surface area contributed by atoms with Crippen molar-refractivity contribution in [3.63, 3.8) is 0 Å². The highest BCUT2D eigenvalue weighted by molar-refractivity contribution is 5.72. The predicted molar refractivity (Wildman–Crippen MR) is 53.3 cm³/mol. The van der Waals surface area contributed by atoms with Crippen LogP contribution >= 0.6 is 0 Å². The van der Waals surface area contributed by atoms with Gasteiger partial charge in [-0.05, 0) is 19.8 Å². The van der Waals surface area contributed by atoms with E-state index in [2.05, 4.69) is 6.92 Å². The monoisotopic (exact) mass is 187 g/mol. The molecule has 78 valence electrons. The van der Waals surface area contributed by atoms with Gasteiger partial charge in [-0.2, -0.15) is 0 Å². The van der Waals surface area contributed by atoms with Crippen LogP contribution in [0.1, 0.15) is 40.0 Å². The van der Waals surface area contributed by atoms with Gasteiger partial charge in [-0.25, -0.2) is 0 Å². The van der Waals surface area contributed by atoms with Crippen LogP contribution < -0.4 is 5.73 Å². The summed E-state index contributed by atoms with van der Waals surface area (Å²) in [4.78, 5) is 11.4. The predicted octanol–water partition coefficient (Wildman–Crippen LogP) is 1.70. The smallest absolute Gasteiger partial charge is 0.310 e. The highest BCUT2D eigenvalue weighted by atomic mass is 16.5. The summed E-state index contributed by atoms with van der Waals surface area (Å²) >= 11 is 0. The third-order valence-electron chi connectivity index (χ3n) is 2.12. The van der Waals surface area contributed by atoms with Gasteiger partial charge in [-0.3, -0.25) is 4.79 Å². The number of hydrogen-bond donors (Lipinski definition) is 1. The van der Waals surface area contributed by atoms with Crippen molar-refractivity contribution >= 4 is 5.97 Å². The van der Waals surface area contributed by atoms with Crippen LogP contribution in [0, 0.1) is 5.92 Å². The van der Waals surface area contributed by atoms with E-state index in [1.54, 1.807) is 0 Å². The van der Waals surface area contributed by atoms with E-state index in [-0.39, 0.29) is 18.0 Å². The molecule has 2 atom stereocenters. The fourth-order valence-electron chi connectivity index (χ4n) is 1.19. The zero-order valence-electron chi connectivity index (χ0n) is 8.88. The van der Waals surface area contributed by atoms with Crippen molar-refractivity contribution in [1.82, 2.24) is 0 Å². The standard InChI is InChI=1S/C10H21NO2/c1-4-6-8(3)13-10(12)9(5-2)7-11/h8-9H,4-7,11H2,1-3H3. The Kier molecular flexibility index (Phi) is 6.59. The van der Waals surface area contributed by atoms with Crippen molar-refractivity contribution < 1.29 is 9.53 Å². The molecule has 0 amide bonds. The highest BCUT2D eigenvalue weighted by Crippen LogP contribution is 2.08. The maximum absolute atomic E-state index is 11.4. The van der Waals surface area contributed by atoms with Crippen LogP contribution in [0.2, 0.25) is 0 Å². The van der Waals surface area contributed by atoms with Crippen molar-refractivity contribution in [2.24, 2.45) is 11.7 Å². The van der Waals surface area contributed by atoms with Crippen LogP contribution in [0.15, 0.2) is 0 Å². The Bertz CT molecular complexity index is 144. The van der Waals surface area contributed by atoms with Gasteiger partial charge in [0.2, 0.25) is 0 Å². The average Bonchev–Trinajstić information content (AvgIpc) is 2.06. The topological polar surface area (TPSA) is 52.3 Å². The van der Waals surface area contributed by atoms with Crippen molar-refractivity contribution in [3.05, 3.63) is 0 Å². The van der Waals surface area contributed by atoms with Crippen LogP contribution in [-0.4, -0.2) is 18.6 Å². The molecule has 2 N–H and O–H groups in total. The number of esters is 1. The minimum absolute atomic E-state index is 0.0260. The second kappa shape index (κ2) is 6.89. The molecule has 3 nitrogen and oxygen atoms in total. The Morgan fingerprint density at radius 2 is 2.08 bits per heavy atom. The molecule has 0 fully saturated rings. The normalized spacial score (nSPS) is 15.1. The van der Waals surface area contributed by atoms with E-state index in [9.17, 15) is 4.79 Å². The molecule has 0 bridgehead atoms. The van der Waals surface area contributed by atoms with Crippen LogP contribution in [-0.2, 0) is 9.53 Å². The highest BCUT2D eigenvalue weighted by Gasteiger charge is 2.17. The molecule has 0 aromatic carbocycles. The van der Waals surface area contributed by atoms with Gasteiger partial charge >= 0.3 is 5.97 Å². The summed E-state index contributed by atoms with van der Waals surface area (Å²) in [5.41, 5.74) is 5.43. The third-order valence-corrected chi connectivity index (χ3v) is 2.12. The van der Waals surface area contributed by atoms with Crippen LogP contribution in [0.25, 0.3) is 0 Å². The molecule has 3 heteroatoms. The summed E-state index contributed by atoms with van der Waals surface area (Å²) in [5.74, 6) is -0.273. The van der Waals surface area contributed by atoms with E-state index in [1.807, 2.05) is 13.8 Å². The Labute approximate surface area is 80.6 Å². The minimum atomic E-state index is -0.147. The number of carbonyl (C=O) groups excluding carboxylic acids is 1. The lowest BCUT2D eigenvalue weighted by atomic mass is 10.1. The van der Waals surface area contributed by atoms with E-state index in [0.29, 0.717) is 6.54 Å². The molecular formula is C10H21NO2. The molecule has 0 spiro atoms. The molecular weight excluding hydrogens is 166 g/mol. The molecule has 0 aliphatic carbocycles. The molecule has 0 aliphatic rings. The van der Waals surface area contributed by atoms with Gasteiger partial charge in [0, 0.05) is 6.54 Å². The SMILES string of the molecule is CCCC(C)OC(=O)C(CC)CN. The average molecular weight is 187 g/mol. The first-order valence-electron chi connectivity index (χ1n) is 5.06. The van der Waals surface area contributed by atoms with Gasteiger partial charge in [0.1, 0.15) is 0 Å². The first-order chi connectivity index (χ1) is 6.15. The van der Waals surface area contributed by atoms with Crippen LogP contribution in [0.3, 0.4) is 0 Å². The summed E-state index contributed by atoms with van der Waals surface area (Å²) in [5, 5.41) is 0. The fourth-order valence-corrected chi connectivity index (χ4v) is 1.19. The first kappa shape index (κ1) is 12.4. The Balaban J connectivity index is 3.83. The largest absolute Gasteiger partial charge is 0.462 e. The Morgan fingerprint density at radius 3 is 2.46 bits per heavy atom. The molecule has 0 saturated carbocycles. The molecule has 0 rings (SSSR count). The van der Waals surface area contributed by atoms with Crippen molar-refractivity contribution in [3.8, 4) is 0 Å². The number of nitrogens with two attached hydrogens (primary N) is 1. The minimum Gasteiger partial charge on any atom is -0.462 e. The maximum Gasteiger partial charge on any atom is 0.310 e. The zero-order chi connectivity index (χ0) is 10.3. The lowest BCUT2D eigenvalue weighted by Gasteiger charge is -2.16. The second-order valence-electron chi connectivity index (χ2n) is 3.38. The number of carbonyl (C=O) groups is 1. The van der Waals surface area contributed by atoms with Gasteiger partial charge in [-0.15, -0.1) is 0 Å². The van der Waals surface area contributed by atoms with E-state index < -0.39 is 0 Å². The van der Waals surface area contributed by atoms with E-state index >= 15 is 0 Å². The number of ether oxygens (including phenoxy) is 1. The van der Waals surface area contributed by atoms with Crippen LogP contribution in [0.4, 0.5) is 0 Å². The molecule has 0 aromatic rings. The van der Waals surface area contributed by atoms with Gasteiger partial charge in [0.15, 0.2) is 0 Å². The van der Waals surface area contributed by atoms with Crippen molar-refractivity contribution in [2.45, 2.75) is 46.1 Å². The number of hydrogen-bond acceptors (Lipinski definition) is 3. The molecule has 0 aromatic heterocycles. The molecule has 0 heterocycles. The molecule has 2 unspecified atom stereocenters. The summed E-state index contributed by atoms with van der Waals surface area (Å²) in [7, 11) is 0. The first-order valence-corrected chi connectivity index (χ1v) is 5.06. The van der Waals surface area contributed by atoms with E-state index in [1.165, 1.54) is 0 Å². The zero-order valence-corrected chi connectivity index (χ0v) is 8.88. The quantitative estimate of drug-likeness (QED) is 0.644. The maximum atomic E-state index is 11.4. The number of rotatable bonds is 6. The van der Waals surface area contributed by atoms with Crippen molar-refractivity contribution in [1.29, 1.82) is 0 Å². The lowest BCUT2D eigenvalue weighted by molar-refractivity contribution is -0.153. The molecule has 0 aliphatic heterocycles. The summed E-state index contributed by atoms with van der Waals surface area (Å²) < 4.78 is 5.22. The molecule has 13 heavy (non-hydrogen) atoms. The second-order valence-corrected chi connectivity index (χ2v) is 3.38. The van der Waals surface area contributed by atoms with Crippen LogP contribution in [0.5, 0.6) is 0 Å². The Hall–Kier alpha value is -0.570. The molecule has 0 radical (unpaired) electrons. The summed E-state index contributed by atoms with van der Waals surface area (Å²) in [6.07, 6.45) is 2.74. The van der Waals surface area contributed by atoms with Crippen molar-refractivity contribution in [2.75, 3.05) is 6.54 Å². The van der Waals surface area contributed by atoms with E-state index in [4.69, 9.17) is 10.5 Å². The third kappa shape index (κ3) is 4.88. The molecule has 0 saturated heterocycles. The van der Waals surface area contributed by atoms with E-state index in [0.717, 1.165) is 19.3 Å². The lowest BCUT2D eigenvalue weighted by Crippen LogP contribution is -2.27. The van der Waals surface area contributed by atoms with Gasteiger partial charge in [0.25, 0.3) is 0 Å². The summed E-state index contributed by atoms with van der Waals surface area (Å²) in [6.45, 7) is 6.33. The Morgan fingerprint density at radius 1 is 1.46 bits per heavy atom. The summed E-state index contributed by atoms with van der Waals surface area (Å²) in [6, 6.07) is 0. The van der Waals surface area contributed by atoms with Gasteiger partial charge in [-0.1, -0.05) is 20.3 Å².